The molecule has 2 aromatic rings. The van der Waals surface area contributed by atoms with Crippen LogP contribution in [0.5, 0.6) is 11.5 Å². The minimum absolute atomic E-state index is 0.103. The first-order chi connectivity index (χ1) is 17.8. The van der Waals surface area contributed by atoms with Crippen LogP contribution in [0, 0.1) is 0 Å². The quantitative estimate of drug-likeness (QED) is 0.417. The molecule has 1 aliphatic heterocycles. The van der Waals surface area contributed by atoms with Crippen LogP contribution in [-0.4, -0.2) is 53.9 Å². The average molecular weight is 509 g/mol. The van der Waals surface area contributed by atoms with Crippen LogP contribution in [-0.2, 0) is 20.7 Å². The Morgan fingerprint density at radius 1 is 1.27 bits per heavy atom. The summed E-state index contributed by atoms with van der Waals surface area (Å²) in [5, 5.41) is 12.7. The van der Waals surface area contributed by atoms with E-state index in [-0.39, 0.29) is 42.4 Å². The molecule has 37 heavy (non-hydrogen) atoms. The highest BCUT2D eigenvalue weighted by molar-refractivity contribution is 5.97. The summed E-state index contributed by atoms with van der Waals surface area (Å²) in [6, 6.07) is 10.5. The molecule has 1 aromatic carbocycles. The van der Waals surface area contributed by atoms with Crippen molar-refractivity contribution in [3.8, 4) is 11.5 Å². The summed E-state index contributed by atoms with van der Waals surface area (Å²) < 4.78 is 16.5. The van der Waals surface area contributed by atoms with Crippen molar-refractivity contribution in [1.82, 2.24) is 10.3 Å². The lowest BCUT2D eigenvalue weighted by atomic mass is 10.0. The van der Waals surface area contributed by atoms with Crippen LogP contribution >= 0.6 is 0 Å². The number of hydrogen-bond donors (Lipinski definition) is 2. The van der Waals surface area contributed by atoms with Gasteiger partial charge in [0, 0.05) is 31.7 Å². The van der Waals surface area contributed by atoms with Crippen LogP contribution < -0.4 is 10.1 Å². The van der Waals surface area contributed by atoms with E-state index in [9.17, 15) is 14.7 Å². The van der Waals surface area contributed by atoms with Crippen molar-refractivity contribution >= 4 is 11.9 Å². The van der Waals surface area contributed by atoms with Crippen LogP contribution in [0.15, 0.2) is 79.6 Å². The zero-order valence-electron chi connectivity index (χ0n) is 21.7. The standard InChI is InChI=1S/C22H26N2O6.C7H10/c1-14-12-16(13-15-6-4-3-5-7-15)29-11-9-17(22(27)30-14)24-21(26)19-20(25)18(28-2)8-10-23-19;1-4-6-7(3)5-2/h3-8,10,14,16-17,25H,9,11-13H2,1-2H3,(H,24,26);4-6H,1-2H2,3H3/b;7-6-/t14?,16?,17-;/m0./s1. The molecule has 8 heteroatoms. The fraction of sp³-hybridized carbons (Fsp3) is 0.345. The number of pyridine rings is 1. The average Bonchev–Trinajstić information content (AvgIpc) is 2.94. The van der Waals surface area contributed by atoms with E-state index >= 15 is 0 Å². The van der Waals surface area contributed by atoms with Gasteiger partial charge in [0.05, 0.1) is 13.2 Å². The second-order valence-electron chi connectivity index (χ2n) is 8.54. The third-order valence-corrected chi connectivity index (χ3v) is 5.59. The maximum atomic E-state index is 12.6. The van der Waals surface area contributed by atoms with Gasteiger partial charge in [-0.2, -0.15) is 0 Å². The van der Waals surface area contributed by atoms with Gasteiger partial charge in [-0.05, 0) is 25.8 Å². The number of allylic oxidation sites excluding steroid dienone is 4. The summed E-state index contributed by atoms with van der Waals surface area (Å²) >= 11 is 0. The number of carbonyl (C=O) groups is 2. The Labute approximate surface area is 218 Å². The number of rotatable bonds is 7. The number of carbonyl (C=O) groups excluding carboxylic acids is 2. The second kappa shape index (κ2) is 15.3. The monoisotopic (exact) mass is 508 g/mol. The fourth-order valence-corrected chi connectivity index (χ4v) is 3.64. The first-order valence-corrected chi connectivity index (χ1v) is 12.1. The molecular formula is C29H36N2O6. The van der Waals surface area contributed by atoms with E-state index in [1.54, 1.807) is 19.1 Å². The number of benzene rings is 1. The van der Waals surface area contributed by atoms with Gasteiger partial charge in [0.15, 0.2) is 17.2 Å². The molecule has 0 spiro atoms. The Morgan fingerprint density at radius 2 is 2.00 bits per heavy atom. The van der Waals surface area contributed by atoms with E-state index in [0.717, 1.165) is 11.1 Å². The predicted octanol–water partition coefficient (Wildman–Crippen LogP) is 4.55. The molecule has 2 N–H and O–H groups in total. The number of ether oxygens (including phenoxy) is 3. The molecule has 3 rings (SSSR count). The Hall–Kier alpha value is -3.91. The van der Waals surface area contributed by atoms with Crippen molar-refractivity contribution < 1.29 is 28.9 Å². The lowest BCUT2D eigenvalue weighted by Gasteiger charge is -2.20. The highest BCUT2D eigenvalue weighted by Gasteiger charge is 2.29. The minimum Gasteiger partial charge on any atom is -0.503 e. The van der Waals surface area contributed by atoms with Crippen molar-refractivity contribution in [1.29, 1.82) is 0 Å². The molecule has 1 aliphatic rings. The van der Waals surface area contributed by atoms with Gasteiger partial charge in [0.2, 0.25) is 0 Å². The van der Waals surface area contributed by atoms with Crippen LogP contribution in [0.1, 0.15) is 42.7 Å². The number of nitrogens with zero attached hydrogens (tertiary/aromatic N) is 1. The highest BCUT2D eigenvalue weighted by atomic mass is 16.5. The van der Waals surface area contributed by atoms with Gasteiger partial charge >= 0.3 is 5.97 Å². The summed E-state index contributed by atoms with van der Waals surface area (Å²) in [6.07, 6.45) is 7.83. The van der Waals surface area contributed by atoms with Crippen LogP contribution in [0.4, 0.5) is 0 Å². The Bertz CT molecular complexity index is 1080. The molecule has 1 amide bonds. The minimum atomic E-state index is -0.914. The maximum absolute atomic E-state index is 12.6. The number of amides is 1. The van der Waals surface area contributed by atoms with E-state index in [1.165, 1.54) is 19.4 Å². The summed E-state index contributed by atoms with van der Waals surface area (Å²) in [6.45, 7) is 11.2. The van der Waals surface area contributed by atoms with E-state index in [1.807, 2.05) is 43.3 Å². The van der Waals surface area contributed by atoms with E-state index < -0.39 is 17.9 Å². The van der Waals surface area contributed by atoms with Crippen molar-refractivity contribution in [2.75, 3.05) is 13.7 Å². The van der Waals surface area contributed by atoms with Gasteiger partial charge in [0.25, 0.3) is 5.91 Å². The van der Waals surface area contributed by atoms with E-state index in [2.05, 4.69) is 23.5 Å². The van der Waals surface area contributed by atoms with Gasteiger partial charge in [-0.25, -0.2) is 9.78 Å². The van der Waals surface area contributed by atoms with Gasteiger partial charge in [0.1, 0.15) is 12.1 Å². The molecule has 198 valence electrons. The summed E-state index contributed by atoms with van der Waals surface area (Å²) in [4.78, 5) is 29.0. The third kappa shape index (κ3) is 9.57. The molecule has 0 bridgehead atoms. The molecule has 1 fully saturated rings. The van der Waals surface area contributed by atoms with E-state index in [4.69, 9.17) is 14.2 Å². The zero-order valence-corrected chi connectivity index (χ0v) is 21.7. The highest BCUT2D eigenvalue weighted by Crippen LogP contribution is 2.27. The van der Waals surface area contributed by atoms with E-state index in [0.29, 0.717) is 12.8 Å². The molecule has 0 aliphatic carbocycles. The molecule has 3 atom stereocenters. The SMILES string of the molecule is C=C/C=C(/C)C=C.COc1ccnc(C(=O)N[C@H]2CCOC(Cc3ccccc3)CC(C)OC2=O)c1O. The number of methoxy groups -OCH3 is 1. The van der Waals surface area contributed by atoms with Crippen molar-refractivity contribution in [3.05, 3.63) is 90.8 Å². The number of nitrogens with one attached hydrogen (secondary N) is 1. The number of cyclic esters (lactones) is 1. The lowest BCUT2D eigenvalue weighted by Crippen LogP contribution is -2.43. The normalized spacial score (nSPS) is 20.0. The third-order valence-electron chi connectivity index (χ3n) is 5.59. The van der Waals surface area contributed by atoms with Gasteiger partial charge in [-0.15, -0.1) is 0 Å². The summed E-state index contributed by atoms with van der Waals surface area (Å²) in [7, 11) is 1.37. The first kappa shape index (κ1) is 29.3. The van der Waals surface area contributed by atoms with Gasteiger partial charge < -0.3 is 24.6 Å². The lowest BCUT2D eigenvalue weighted by molar-refractivity contribution is -0.150. The number of hydrogen-bond acceptors (Lipinski definition) is 7. The Morgan fingerprint density at radius 3 is 2.62 bits per heavy atom. The molecule has 1 saturated heterocycles. The number of aromatic nitrogens is 1. The summed E-state index contributed by atoms with van der Waals surface area (Å²) in [5.41, 5.74) is 2.07. The largest absolute Gasteiger partial charge is 0.503 e. The van der Waals surface area contributed by atoms with Crippen molar-refractivity contribution in [2.45, 2.75) is 51.4 Å². The summed E-state index contributed by atoms with van der Waals surface area (Å²) in [5.74, 6) is -1.50. The number of esters is 1. The van der Waals surface area contributed by atoms with Crippen molar-refractivity contribution in [2.24, 2.45) is 0 Å². The van der Waals surface area contributed by atoms with Gasteiger partial charge in [-0.1, -0.05) is 67.3 Å². The second-order valence-corrected chi connectivity index (χ2v) is 8.54. The van der Waals surface area contributed by atoms with Crippen LogP contribution in [0.2, 0.25) is 0 Å². The Kier molecular flexibility index (Phi) is 12.1. The molecule has 0 radical (unpaired) electrons. The zero-order chi connectivity index (χ0) is 27.2. The van der Waals surface area contributed by atoms with Crippen LogP contribution in [0.25, 0.3) is 0 Å². The molecule has 2 unspecified atom stereocenters. The first-order valence-electron chi connectivity index (χ1n) is 12.1. The molecule has 0 saturated carbocycles. The molecule has 2 heterocycles. The van der Waals surface area contributed by atoms with Gasteiger partial charge in [-0.3, -0.25) is 4.79 Å². The smallest absolute Gasteiger partial charge is 0.329 e. The molecule has 1 aromatic heterocycles. The number of aromatic hydroxyl groups is 1. The Balaban J connectivity index is 0.000000604. The topological polar surface area (TPSA) is 107 Å². The molecular weight excluding hydrogens is 472 g/mol. The predicted molar refractivity (Wildman–Crippen MR) is 143 cm³/mol. The van der Waals surface area contributed by atoms with Crippen molar-refractivity contribution in [3.63, 3.8) is 0 Å². The fourth-order valence-electron chi connectivity index (χ4n) is 3.64. The molecule has 8 nitrogen and oxygen atoms in total. The van der Waals surface area contributed by atoms with Crippen LogP contribution in [0.3, 0.4) is 0 Å². The maximum Gasteiger partial charge on any atom is 0.329 e.